The fraction of sp³-hybridized carbons (Fsp3) is 0.353. The van der Waals surface area contributed by atoms with Gasteiger partial charge in [0.05, 0.1) is 5.69 Å². The summed E-state index contributed by atoms with van der Waals surface area (Å²) >= 11 is 1.73. The predicted molar refractivity (Wildman–Crippen MR) is 91.6 cm³/mol. The highest BCUT2D eigenvalue weighted by atomic mass is 32.1. The second-order valence-corrected chi connectivity index (χ2v) is 7.53. The topological polar surface area (TPSA) is 41.1 Å². The summed E-state index contributed by atoms with van der Waals surface area (Å²) in [6.07, 6.45) is 0. The van der Waals surface area contributed by atoms with E-state index >= 15 is 0 Å². The minimum absolute atomic E-state index is 0.1000. The van der Waals surface area contributed by atoms with Gasteiger partial charge in [-0.2, -0.15) is 0 Å². The van der Waals surface area contributed by atoms with Crippen LogP contribution in [0, 0.1) is 13.8 Å². The SMILES string of the molecule is Cc1ccc(NC(=O)Nc2cc(C(C)(C)C)sc2C)cc1. The summed E-state index contributed by atoms with van der Waals surface area (Å²) in [5, 5.41) is 5.77. The molecule has 0 saturated heterocycles. The fourth-order valence-corrected chi connectivity index (χ4v) is 2.93. The van der Waals surface area contributed by atoms with Gasteiger partial charge in [0.25, 0.3) is 0 Å². The normalized spacial score (nSPS) is 11.3. The van der Waals surface area contributed by atoms with Crippen molar-refractivity contribution in [1.29, 1.82) is 0 Å². The molecule has 2 amide bonds. The van der Waals surface area contributed by atoms with E-state index in [2.05, 4.69) is 37.5 Å². The lowest BCUT2D eigenvalue weighted by Gasteiger charge is -2.15. The van der Waals surface area contributed by atoms with Gasteiger partial charge in [-0.25, -0.2) is 4.79 Å². The van der Waals surface area contributed by atoms with E-state index in [1.165, 1.54) is 10.4 Å². The predicted octanol–water partition coefficient (Wildman–Crippen LogP) is 5.31. The van der Waals surface area contributed by atoms with Gasteiger partial charge < -0.3 is 10.6 Å². The molecular weight excluding hydrogens is 280 g/mol. The molecular formula is C17H22N2OS. The van der Waals surface area contributed by atoms with Gasteiger partial charge in [0.2, 0.25) is 0 Å². The number of carbonyl (C=O) groups excluding carboxylic acids is 1. The van der Waals surface area contributed by atoms with Crippen molar-refractivity contribution in [3.05, 3.63) is 45.6 Å². The van der Waals surface area contributed by atoms with Crippen molar-refractivity contribution >= 4 is 28.7 Å². The van der Waals surface area contributed by atoms with Gasteiger partial charge in [-0.15, -0.1) is 11.3 Å². The molecule has 0 spiro atoms. The van der Waals surface area contributed by atoms with Crippen molar-refractivity contribution in [2.45, 2.75) is 40.0 Å². The zero-order valence-corrected chi connectivity index (χ0v) is 14.0. The van der Waals surface area contributed by atoms with Crippen LogP contribution in [0.15, 0.2) is 30.3 Å². The molecule has 2 rings (SSSR count). The van der Waals surface area contributed by atoms with E-state index in [0.717, 1.165) is 16.3 Å². The van der Waals surface area contributed by atoms with E-state index in [1.54, 1.807) is 11.3 Å². The van der Waals surface area contributed by atoms with E-state index in [1.807, 2.05) is 38.1 Å². The van der Waals surface area contributed by atoms with Crippen LogP contribution in [0.5, 0.6) is 0 Å². The van der Waals surface area contributed by atoms with Crippen molar-refractivity contribution in [1.82, 2.24) is 0 Å². The maximum absolute atomic E-state index is 12.1. The Morgan fingerprint density at radius 1 is 1.05 bits per heavy atom. The quantitative estimate of drug-likeness (QED) is 0.776. The lowest BCUT2D eigenvalue weighted by molar-refractivity contribution is 0.262. The largest absolute Gasteiger partial charge is 0.323 e. The van der Waals surface area contributed by atoms with Crippen LogP contribution in [0.4, 0.5) is 16.2 Å². The van der Waals surface area contributed by atoms with Gasteiger partial charge >= 0.3 is 6.03 Å². The van der Waals surface area contributed by atoms with Gasteiger partial charge in [-0.05, 0) is 37.5 Å². The summed E-state index contributed by atoms with van der Waals surface area (Å²) in [6.45, 7) is 10.6. The summed E-state index contributed by atoms with van der Waals surface area (Å²) in [4.78, 5) is 14.5. The molecule has 0 unspecified atom stereocenters. The molecule has 0 aliphatic heterocycles. The van der Waals surface area contributed by atoms with Crippen molar-refractivity contribution < 1.29 is 4.79 Å². The van der Waals surface area contributed by atoms with Crippen LogP contribution in [0.1, 0.15) is 36.1 Å². The Bertz CT molecular complexity index is 636. The number of amides is 2. The minimum Gasteiger partial charge on any atom is -0.308 e. The average Bonchev–Trinajstić information content (AvgIpc) is 2.74. The van der Waals surface area contributed by atoms with Gasteiger partial charge in [0, 0.05) is 15.4 Å². The van der Waals surface area contributed by atoms with Crippen LogP contribution in [0.25, 0.3) is 0 Å². The number of nitrogens with one attached hydrogen (secondary N) is 2. The number of aryl methyl sites for hydroxylation is 2. The third-order valence-corrected chi connectivity index (χ3v) is 4.69. The Hall–Kier alpha value is -1.81. The molecule has 0 aliphatic rings. The lowest BCUT2D eigenvalue weighted by Crippen LogP contribution is -2.19. The van der Waals surface area contributed by atoms with Crippen LogP contribution in [-0.2, 0) is 5.41 Å². The Morgan fingerprint density at radius 2 is 1.67 bits per heavy atom. The van der Waals surface area contributed by atoms with Crippen molar-refractivity contribution in [2.24, 2.45) is 0 Å². The molecule has 21 heavy (non-hydrogen) atoms. The van der Waals surface area contributed by atoms with E-state index in [9.17, 15) is 4.79 Å². The van der Waals surface area contributed by atoms with Crippen molar-refractivity contribution in [2.75, 3.05) is 10.6 Å². The molecule has 1 aromatic carbocycles. The fourth-order valence-electron chi connectivity index (χ4n) is 1.90. The number of hydrogen-bond acceptors (Lipinski definition) is 2. The molecule has 2 N–H and O–H groups in total. The molecule has 3 nitrogen and oxygen atoms in total. The number of benzene rings is 1. The number of thiophene rings is 1. The smallest absolute Gasteiger partial charge is 0.308 e. The van der Waals surface area contributed by atoms with Crippen molar-refractivity contribution in [3.63, 3.8) is 0 Å². The molecule has 2 aromatic rings. The second kappa shape index (κ2) is 5.90. The maximum Gasteiger partial charge on any atom is 0.323 e. The first-order valence-electron chi connectivity index (χ1n) is 7.01. The Balaban J connectivity index is 2.06. The zero-order chi connectivity index (χ0) is 15.6. The van der Waals surface area contributed by atoms with E-state index in [4.69, 9.17) is 0 Å². The summed E-state index contributed by atoms with van der Waals surface area (Å²) in [7, 11) is 0. The summed E-state index contributed by atoms with van der Waals surface area (Å²) in [5.74, 6) is 0. The van der Waals surface area contributed by atoms with Gasteiger partial charge in [-0.1, -0.05) is 38.5 Å². The highest BCUT2D eigenvalue weighted by Crippen LogP contribution is 2.34. The summed E-state index contributed by atoms with van der Waals surface area (Å²) in [6, 6.07) is 9.60. The summed E-state index contributed by atoms with van der Waals surface area (Å²) < 4.78 is 0. The molecule has 0 radical (unpaired) electrons. The highest BCUT2D eigenvalue weighted by molar-refractivity contribution is 7.12. The summed E-state index contributed by atoms with van der Waals surface area (Å²) in [5.41, 5.74) is 2.95. The first kappa shape index (κ1) is 15.6. The van der Waals surface area contributed by atoms with E-state index < -0.39 is 0 Å². The Kier molecular flexibility index (Phi) is 4.37. The molecule has 0 bridgehead atoms. The number of hydrogen-bond donors (Lipinski definition) is 2. The van der Waals surface area contributed by atoms with Gasteiger partial charge in [0.15, 0.2) is 0 Å². The highest BCUT2D eigenvalue weighted by Gasteiger charge is 2.19. The van der Waals surface area contributed by atoms with Crippen LogP contribution in [-0.4, -0.2) is 6.03 Å². The van der Waals surface area contributed by atoms with Gasteiger partial charge in [0.1, 0.15) is 0 Å². The van der Waals surface area contributed by atoms with Crippen LogP contribution >= 0.6 is 11.3 Å². The molecule has 0 saturated carbocycles. The van der Waals surface area contributed by atoms with Gasteiger partial charge in [-0.3, -0.25) is 0 Å². The molecule has 0 aliphatic carbocycles. The maximum atomic E-state index is 12.1. The number of urea groups is 1. The van der Waals surface area contributed by atoms with E-state index in [0.29, 0.717) is 0 Å². The Morgan fingerprint density at radius 3 is 2.19 bits per heavy atom. The lowest BCUT2D eigenvalue weighted by atomic mass is 9.95. The van der Waals surface area contributed by atoms with Crippen LogP contribution < -0.4 is 10.6 Å². The number of anilines is 2. The third kappa shape index (κ3) is 4.08. The first-order chi connectivity index (χ1) is 9.75. The molecule has 1 aromatic heterocycles. The van der Waals surface area contributed by atoms with E-state index in [-0.39, 0.29) is 11.4 Å². The molecule has 1 heterocycles. The second-order valence-electron chi connectivity index (χ2n) is 6.28. The van der Waals surface area contributed by atoms with Crippen molar-refractivity contribution in [3.8, 4) is 0 Å². The van der Waals surface area contributed by atoms with Crippen LogP contribution in [0.3, 0.4) is 0 Å². The average molecular weight is 302 g/mol. The standard InChI is InChI=1S/C17H22N2OS/c1-11-6-8-13(9-7-11)18-16(20)19-14-10-15(17(3,4)5)21-12(14)2/h6-10H,1-5H3,(H2,18,19,20). The minimum atomic E-state index is -0.208. The third-order valence-electron chi connectivity index (χ3n) is 3.21. The molecule has 112 valence electrons. The Labute approximate surface area is 130 Å². The zero-order valence-electron chi connectivity index (χ0n) is 13.2. The number of carbonyl (C=O) groups is 1. The molecule has 4 heteroatoms. The molecule has 0 fully saturated rings. The first-order valence-corrected chi connectivity index (χ1v) is 7.83. The monoisotopic (exact) mass is 302 g/mol. The number of rotatable bonds is 2. The van der Waals surface area contributed by atoms with Crippen LogP contribution in [0.2, 0.25) is 0 Å². The molecule has 0 atom stereocenters.